The Kier molecular flexibility index (Phi) is 4.94. The molecule has 132 valence electrons. The van der Waals surface area contributed by atoms with Crippen LogP contribution in [0.15, 0.2) is 84.1 Å². The SMILES string of the molecule is Clc1ccc(Oc2cccc(/C=N\Nc3nncc4ccccc34)c2)cc1. The van der Waals surface area contributed by atoms with Crippen molar-refractivity contribution in [1.82, 2.24) is 10.2 Å². The van der Waals surface area contributed by atoms with E-state index >= 15 is 0 Å². The highest BCUT2D eigenvalue weighted by atomic mass is 35.5. The van der Waals surface area contributed by atoms with Gasteiger partial charge in [0.25, 0.3) is 0 Å². The van der Waals surface area contributed by atoms with Gasteiger partial charge in [0.05, 0.1) is 12.4 Å². The van der Waals surface area contributed by atoms with Crippen molar-refractivity contribution in [3.63, 3.8) is 0 Å². The predicted molar refractivity (Wildman–Crippen MR) is 109 cm³/mol. The van der Waals surface area contributed by atoms with Crippen molar-refractivity contribution in [2.45, 2.75) is 0 Å². The molecule has 5 nitrogen and oxygen atoms in total. The number of nitrogens with one attached hydrogen (secondary N) is 1. The van der Waals surface area contributed by atoms with Crippen LogP contribution in [0.4, 0.5) is 5.82 Å². The van der Waals surface area contributed by atoms with E-state index in [0.717, 1.165) is 22.1 Å². The second kappa shape index (κ2) is 7.85. The van der Waals surface area contributed by atoms with Gasteiger partial charge in [0.2, 0.25) is 0 Å². The summed E-state index contributed by atoms with van der Waals surface area (Å²) in [5, 5.41) is 15.0. The highest BCUT2D eigenvalue weighted by Gasteiger charge is 2.01. The van der Waals surface area contributed by atoms with Crippen molar-refractivity contribution in [2.24, 2.45) is 5.10 Å². The minimum Gasteiger partial charge on any atom is -0.457 e. The molecule has 0 amide bonds. The van der Waals surface area contributed by atoms with E-state index in [9.17, 15) is 0 Å². The lowest BCUT2D eigenvalue weighted by Crippen LogP contribution is -1.96. The average Bonchev–Trinajstić information content (AvgIpc) is 2.70. The van der Waals surface area contributed by atoms with Crippen molar-refractivity contribution in [1.29, 1.82) is 0 Å². The van der Waals surface area contributed by atoms with Crippen molar-refractivity contribution in [3.05, 3.63) is 89.6 Å². The van der Waals surface area contributed by atoms with Gasteiger partial charge in [-0.2, -0.15) is 10.2 Å². The predicted octanol–water partition coefficient (Wildman–Crippen LogP) is 5.52. The molecule has 3 aromatic carbocycles. The molecule has 0 aliphatic heterocycles. The number of hydrogen-bond acceptors (Lipinski definition) is 5. The molecule has 0 saturated carbocycles. The first-order valence-electron chi connectivity index (χ1n) is 8.31. The fourth-order valence-electron chi connectivity index (χ4n) is 2.58. The Hall–Kier alpha value is -3.44. The molecule has 4 aromatic rings. The van der Waals surface area contributed by atoms with Crippen LogP contribution in [0.2, 0.25) is 5.02 Å². The Morgan fingerprint density at radius 1 is 0.926 bits per heavy atom. The first kappa shape index (κ1) is 17.0. The summed E-state index contributed by atoms with van der Waals surface area (Å²) in [7, 11) is 0. The van der Waals surface area contributed by atoms with Gasteiger partial charge in [-0.3, -0.25) is 5.43 Å². The molecule has 0 bridgehead atoms. The number of nitrogens with zero attached hydrogens (tertiary/aromatic N) is 3. The van der Waals surface area contributed by atoms with Crippen molar-refractivity contribution in [2.75, 3.05) is 5.43 Å². The quantitative estimate of drug-likeness (QED) is 0.369. The zero-order valence-corrected chi connectivity index (χ0v) is 15.0. The van der Waals surface area contributed by atoms with Gasteiger partial charge in [-0.25, -0.2) is 0 Å². The van der Waals surface area contributed by atoms with Gasteiger partial charge in [-0.15, -0.1) is 5.10 Å². The van der Waals surface area contributed by atoms with Crippen LogP contribution in [-0.4, -0.2) is 16.4 Å². The van der Waals surface area contributed by atoms with Crippen LogP contribution in [0.25, 0.3) is 10.8 Å². The van der Waals surface area contributed by atoms with Gasteiger partial charge in [-0.1, -0.05) is 48.0 Å². The van der Waals surface area contributed by atoms with Crippen LogP contribution in [-0.2, 0) is 0 Å². The Morgan fingerprint density at radius 3 is 2.67 bits per heavy atom. The number of halogens is 1. The topological polar surface area (TPSA) is 59.4 Å². The standard InChI is InChI=1S/C21H15ClN4O/c22-17-8-10-18(11-9-17)27-19-6-3-4-15(12-19)13-23-25-21-20-7-2-1-5-16(20)14-24-26-21/h1-14H,(H,25,26)/b23-13-. The zero-order chi connectivity index (χ0) is 18.5. The Morgan fingerprint density at radius 2 is 1.78 bits per heavy atom. The molecule has 1 aromatic heterocycles. The van der Waals surface area contributed by atoms with E-state index in [1.807, 2.05) is 60.7 Å². The van der Waals surface area contributed by atoms with Crippen LogP contribution in [0.1, 0.15) is 5.56 Å². The molecule has 1 heterocycles. The second-order valence-electron chi connectivity index (χ2n) is 5.78. The normalized spacial score (nSPS) is 11.0. The minimum atomic E-state index is 0.609. The first-order valence-corrected chi connectivity index (χ1v) is 8.69. The molecule has 0 unspecified atom stereocenters. The van der Waals surface area contributed by atoms with Crippen LogP contribution in [0.3, 0.4) is 0 Å². The molecule has 4 rings (SSSR count). The minimum absolute atomic E-state index is 0.609. The second-order valence-corrected chi connectivity index (χ2v) is 6.22. The summed E-state index contributed by atoms with van der Waals surface area (Å²) >= 11 is 5.89. The van der Waals surface area contributed by atoms with Crippen molar-refractivity contribution < 1.29 is 4.74 Å². The Balaban J connectivity index is 1.48. The molecule has 0 aliphatic carbocycles. The molecule has 27 heavy (non-hydrogen) atoms. The number of hydrogen-bond donors (Lipinski definition) is 1. The molecule has 0 aliphatic rings. The molecule has 0 fully saturated rings. The van der Waals surface area contributed by atoms with E-state index in [4.69, 9.17) is 16.3 Å². The fraction of sp³-hybridized carbons (Fsp3) is 0. The number of fused-ring (bicyclic) bond motifs is 1. The largest absolute Gasteiger partial charge is 0.457 e. The van der Waals surface area contributed by atoms with Crippen LogP contribution < -0.4 is 10.2 Å². The summed E-state index contributed by atoms with van der Waals surface area (Å²) in [4.78, 5) is 0. The molecule has 1 N–H and O–H groups in total. The first-order chi connectivity index (χ1) is 13.3. The van der Waals surface area contributed by atoms with Crippen LogP contribution in [0.5, 0.6) is 11.5 Å². The number of rotatable bonds is 5. The van der Waals surface area contributed by atoms with Crippen LogP contribution >= 0.6 is 11.6 Å². The van der Waals surface area contributed by atoms with E-state index in [1.165, 1.54) is 0 Å². The lowest BCUT2D eigenvalue weighted by Gasteiger charge is -2.06. The third-order valence-corrected chi connectivity index (χ3v) is 4.11. The summed E-state index contributed by atoms with van der Waals surface area (Å²) in [5.74, 6) is 2.04. The third kappa shape index (κ3) is 4.22. The monoisotopic (exact) mass is 374 g/mol. The molecule has 0 saturated heterocycles. The molecular formula is C21H15ClN4O. The fourth-order valence-corrected chi connectivity index (χ4v) is 2.70. The summed E-state index contributed by atoms with van der Waals surface area (Å²) in [6, 6.07) is 22.7. The number of hydrazone groups is 1. The van der Waals surface area contributed by atoms with Crippen molar-refractivity contribution in [3.8, 4) is 11.5 Å². The molecule has 0 radical (unpaired) electrons. The number of ether oxygens (including phenoxy) is 1. The number of benzene rings is 3. The maximum Gasteiger partial charge on any atom is 0.176 e. The maximum atomic E-state index is 5.89. The molecule has 6 heteroatoms. The van der Waals surface area contributed by atoms with E-state index in [1.54, 1.807) is 24.5 Å². The maximum absolute atomic E-state index is 5.89. The lowest BCUT2D eigenvalue weighted by molar-refractivity contribution is 0.482. The summed E-state index contributed by atoms with van der Waals surface area (Å²) < 4.78 is 5.83. The van der Waals surface area contributed by atoms with Gasteiger partial charge >= 0.3 is 0 Å². The number of anilines is 1. The highest BCUT2D eigenvalue weighted by Crippen LogP contribution is 2.23. The molecular weight excluding hydrogens is 360 g/mol. The smallest absolute Gasteiger partial charge is 0.176 e. The summed E-state index contributed by atoms with van der Waals surface area (Å²) in [5.41, 5.74) is 3.84. The zero-order valence-electron chi connectivity index (χ0n) is 14.2. The Bertz CT molecular complexity index is 1090. The van der Waals surface area contributed by atoms with Gasteiger partial charge in [0.1, 0.15) is 11.5 Å². The highest BCUT2D eigenvalue weighted by molar-refractivity contribution is 6.30. The van der Waals surface area contributed by atoms with E-state index in [0.29, 0.717) is 16.6 Å². The van der Waals surface area contributed by atoms with E-state index in [-0.39, 0.29) is 0 Å². The summed E-state index contributed by atoms with van der Waals surface area (Å²) in [6.45, 7) is 0. The molecule has 0 spiro atoms. The number of aromatic nitrogens is 2. The van der Waals surface area contributed by atoms with E-state index in [2.05, 4.69) is 20.7 Å². The Labute approximate surface area is 161 Å². The van der Waals surface area contributed by atoms with Gasteiger partial charge in [0, 0.05) is 15.8 Å². The van der Waals surface area contributed by atoms with Crippen LogP contribution in [0, 0.1) is 0 Å². The average molecular weight is 375 g/mol. The molecule has 0 atom stereocenters. The van der Waals surface area contributed by atoms with Gasteiger partial charge in [-0.05, 0) is 42.0 Å². The van der Waals surface area contributed by atoms with Gasteiger partial charge in [0.15, 0.2) is 5.82 Å². The summed E-state index contributed by atoms with van der Waals surface area (Å²) in [6.07, 6.45) is 3.43. The van der Waals surface area contributed by atoms with Crippen molar-refractivity contribution >= 4 is 34.4 Å². The van der Waals surface area contributed by atoms with Gasteiger partial charge < -0.3 is 4.74 Å². The third-order valence-electron chi connectivity index (χ3n) is 3.86. The lowest BCUT2D eigenvalue weighted by atomic mass is 10.2. The van der Waals surface area contributed by atoms with E-state index < -0.39 is 0 Å².